The Bertz CT molecular complexity index is 2160. The lowest BCUT2D eigenvalue weighted by Crippen LogP contribution is -2.52. The number of aromatic hydroxyl groups is 1. The largest absolute Gasteiger partial charge is 0.508 e. The van der Waals surface area contributed by atoms with Gasteiger partial charge in [0.2, 0.25) is 11.8 Å². The topological polar surface area (TPSA) is 96.4 Å². The van der Waals surface area contributed by atoms with E-state index in [9.17, 15) is 19.5 Å². The van der Waals surface area contributed by atoms with Crippen LogP contribution in [-0.4, -0.2) is 84.0 Å². The Hall–Kier alpha value is -5.15. The van der Waals surface area contributed by atoms with Gasteiger partial charge in [-0.05, 0) is 128 Å². The van der Waals surface area contributed by atoms with Gasteiger partial charge in [-0.25, -0.2) is 0 Å². The number of imide groups is 1. The van der Waals surface area contributed by atoms with Crippen molar-refractivity contribution in [2.45, 2.75) is 81.8 Å². The number of aryl methyl sites for hydroxylation is 1. The van der Waals surface area contributed by atoms with Crippen LogP contribution in [0.1, 0.15) is 95.0 Å². The van der Waals surface area contributed by atoms with Gasteiger partial charge in [-0.3, -0.25) is 24.6 Å². The molecule has 0 saturated carbocycles. The van der Waals surface area contributed by atoms with Crippen molar-refractivity contribution in [3.8, 4) is 5.75 Å². The van der Waals surface area contributed by atoms with Gasteiger partial charge < -0.3 is 19.8 Å². The number of nitrogens with one attached hydrogen (secondary N) is 1. The van der Waals surface area contributed by atoms with E-state index in [4.69, 9.17) is 0 Å². The zero-order valence-corrected chi connectivity index (χ0v) is 32.0. The van der Waals surface area contributed by atoms with E-state index in [0.29, 0.717) is 41.7 Å². The standard InChI is InChI=1S/C47H51N5O4/c53-38-12-15-40-33(27-38)8-13-39(31-4-2-1-3-5-31)44(40)32-6-9-35(10-7-32)49-22-18-36(19-23-49)50-24-20-47(29-50)21-25-51(30-47)37-11-14-41-34(26-37)28-52(46(41)56)42-16-17-43(54)48-45(42)55/h1-7,9-12,14-15,26-27,36,39,42,44,53H,8,13,16-25,28-30H2,(H,48,54,55). The van der Waals surface area contributed by atoms with E-state index in [1.165, 1.54) is 59.3 Å². The van der Waals surface area contributed by atoms with Crippen molar-refractivity contribution in [3.63, 3.8) is 0 Å². The summed E-state index contributed by atoms with van der Waals surface area (Å²) in [6, 6.07) is 32.5. The summed E-state index contributed by atoms with van der Waals surface area (Å²) < 4.78 is 0. The smallest absolute Gasteiger partial charge is 0.255 e. The SMILES string of the molecule is O=C1CCC(N2Cc3cc(N4CCC5(CCN(C6CCN(c7ccc(C8c9ccc(O)cc9CCC8c8ccccc8)cc7)CC6)C5)C4)ccc3C2=O)C(=O)N1. The summed E-state index contributed by atoms with van der Waals surface area (Å²) in [6.07, 6.45) is 7.47. The molecule has 0 bridgehead atoms. The number of anilines is 2. The van der Waals surface area contributed by atoms with Crippen LogP contribution in [0.25, 0.3) is 0 Å². The Morgan fingerprint density at radius 2 is 1.46 bits per heavy atom. The van der Waals surface area contributed by atoms with Crippen molar-refractivity contribution in [2.24, 2.45) is 5.41 Å². The Morgan fingerprint density at radius 3 is 2.27 bits per heavy atom. The number of phenolic OH excluding ortho intramolecular Hbond substituents is 1. The van der Waals surface area contributed by atoms with E-state index in [-0.39, 0.29) is 30.1 Å². The van der Waals surface area contributed by atoms with E-state index in [2.05, 4.69) is 92.8 Å². The summed E-state index contributed by atoms with van der Waals surface area (Å²) in [5.74, 6) is 0.281. The number of benzene rings is 4. The zero-order chi connectivity index (χ0) is 38.0. The van der Waals surface area contributed by atoms with Crippen LogP contribution >= 0.6 is 0 Å². The van der Waals surface area contributed by atoms with E-state index in [1.54, 1.807) is 4.90 Å². The molecule has 1 aliphatic carbocycles. The number of amides is 3. The minimum absolute atomic E-state index is 0.112. The Kier molecular flexibility index (Phi) is 8.88. The number of fused-ring (bicyclic) bond motifs is 2. The van der Waals surface area contributed by atoms with Gasteiger partial charge >= 0.3 is 0 Å². The summed E-state index contributed by atoms with van der Waals surface area (Å²) in [7, 11) is 0. The van der Waals surface area contributed by atoms with Crippen LogP contribution in [0.15, 0.2) is 91.0 Å². The molecule has 4 aromatic carbocycles. The summed E-state index contributed by atoms with van der Waals surface area (Å²) in [5.41, 5.74) is 9.77. The van der Waals surface area contributed by atoms with E-state index in [0.717, 1.165) is 57.7 Å². The van der Waals surface area contributed by atoms with Crippen molar-refractivity contribution in [3.05, 3.63) is 124 Å². The molecule has 9 heteroatoms. The highest BCUT2D eigenvalue weighted by molar-refractivity contribution is 6.05. The van der Waals surface area contributed by atoms with Crippen LogP contribution in [0.2, 0.25) is 0 Å². The van der Waals surface area contributed by atoms with Gasteiger partial charge in [0, 0.05) is 80.0 Å². The minimum atomic E-state index is -0.584. The first-order valence-electron chi connectivity index (χ1n) is 20.8. The van der Waals surface area contributed by atoms with E-state index < -0.39 is 6.04 Å². The maximum absolute atomic E-state index is 13.3. The summed E-state index contributed by atoms with van der Waals surface area (Å²) in [4.78, 5) is 47.0. The second-order valence-corrected chi connectivity index (χ2v) is 17.4. The maximum Gasteiger partial charge on any atom is 0.255 e. The lowest BCUT2D eigenvalue weighted by molar-refractivity contribution is -0.136. The van der Waals surface area contributed by atoms with Crippen molar-refractivity contribution in [1.82, 2.24) is 15.1 Å². The molecule has 288 valence electrons. The van der Waals surface area contributed by atoms with Gasteiger partial charge in [0.05, 0.1) is 0 Å². The van der Waals surface area contributed by atoms with Crippen LogP contribution < -0.4 is 15.1 Å². The van der Waals surface area contributed by atoms with Crippen LogP contribution in [0.4, 0.5) is 11.4 Å². The number of hydrogen-bond donors (Lipinski definition) is 2. The molecule has 1 spiro atoms. The molecule has 4 fully saturated rings. The number of carbonyl (C=O) groups is 3. The molecule has 4 atom stereocenters. The van der Waals surface area contributed by atoms with Gasteiger partial charge in [-0.15, -0.1) is 0 Å². The van der Waals surface area contributed by atoms with E-state index in [1.807, 2.05) is 18.2 Å². The summed E-state index contributed by atoms with van der Waals surface area (Å²) in [6.45, 7) is 6.93. The fourth-order valence-corrected chi connectivity index (χ4v) is 11.2. The molecule has 0 aromatic heterocycles. The van der Waals surface area contributed by atoms with E-state index >= 15 is 0 Å². The van der Waals surface area contributed by atoms with Gasteiger partial charge in [0.15, 0.2) is 0 Å². The molecular weight excluding hydrogens is 699 g/mol. The van der Waals surface area contributed by atoms with Crippen LogP contribution in [-0.2, 0) is 22.6 Å². The van der Waals surface area contributed by atoms with Gasteiger partial charge in [-0.1, -0.05) is 48.5 Å². The Balaban J connectivity index is 0.760. The number of likely N-dealkylation sites (tertiary alicyclic amines) is 1. The lowest BCUT2D eigenvalue weighted by atomic mass is 9.69. The highest BCUT2D eigenvalue weighted by Crippen LogP contribution is 2.48. The van der Waals surface area contributed by atoms with Crippen molar-refractivity contribution >= 4 is 29.1 Å². The zero-order valence-electron chi connectivity index (χ0n) is 32.0. The first-order valence-corrected chi connectivity index (χ1v) is 20.8. The van der Waals surface area contributed by atoms with Gasteiger partial charge in [0.1, 0.15) is 11.8 Å². The molecule has 5 aliphatic heterocycles. The van der Waals surface area contributed by atoms with Crippen LogP contribution in [0, 0.1) is 5.41 Å². The third kappa shape index (κ3) is 6.34. The average molecular weight is 750 g/mol. The van der Waals surface area contributed by atoms with Crippen molar-refractivity contribution < 1.29 is 19.5 Å². The number of carbonyl (C=O) groups excluding carboxylic acids is 3. The number of hydrogen-bond acceptors (Lipinski definition) is 7. The quantitative estimate of drug-likeness (QED) is 0.215. The second-order valence-electron chi connectivity index (χ2n) is 17.4. The van der Waals surface area contributed by atoms with Crippen LogP contribution in [0.3, 0.4) is 0 Å². The number of rotatable bonds is 6. The molecule has 4 unspecified atom stereocenters. The molecule has 2 N–H and O–H groups in total. The second kappa shape index (κ2) is 14.1. The molecule has 10 rings (SSSR count). The molecule has 56 heavy (non-hydrogen) atoms. The predicted molar refractivity (Wildman–Crippen MR) is 217 cm³/mol. The first kappa shape index (κ1) is 35.3. The lowest BCUT2D eigenvalue weighted by Gasteiger charge is -2.39. The molecule has 3 amide bonds. The van der Waals surface area contributed by atoms with Crippen molar-refractivity contribution in [2.75, 3.05) is 49.1 Å². The third-order valence-corrected chi connectivity index (χ3v) is 14.2. The third-order valence-electron chi connectivity index (χ3n) is 14.2. The normalized spacial score (nSPS) is 26.9. The fourth-order valence-electron chi connectivity index (χ4n) is 11.2. The highest BCUT2D eigenvalue weighted by atomic mass is 16.3. The molecule has 4 aromatic rings. The van der Waals surface area contributed by atoms with Crippen molar-refractivity contribution in [1.29, 1.82) is 0 Å². The molecule has 6 aliphatic rings. The Labute approximate surface area is 329 Å². The fraction of sp³-hybridized carbons (Fsp3) is 0.426. The van der Waals surface area contributed by atoms with Gasteiger partial charge in [-0.2, -0.15) is 0 Å². The molecular formula is C47H51N5O4. The predicted octanol–water partition coefficient (Wildman–Crippen LogP) is 6.59. The first-order chi connectivity index (χ1) is 27.3. The van der Waals surface area contributed by atoms with Crippen LogP contribution in [0.5, 0.6) is 5.75 Å². The molecule has 4 saturated heterocycles. The average Bonchev–Trinajstić information content (AvgIpc) is 3.94. The Morgan fingerprint density at radius 1 is 0.679 bits per heavy atom. The molecule has 9 nitrogen and oxygen atoms in total. The minimum Gasteiger partial charge on any atom is -0.508 e. The monoisotopic (exact) mass is 749 g/mol. The molecule has 5 heterocycles. The van der Waals surface area contributed by atoms with Gasteiger partial charge in [0.25, 0.3) is 5.91 Å². The number of phenols is 1. The highest BCUT2D eigenvalue weighted by Gasteiger charge is 2.46. The summed E-state index contributed by atoms with van der Waals surface area (Å²) >= 11 is 0. The summed E-state index contributed by atoms with van der Waals surface area (Å²) in [5, 5.41) is 12.7. The number of nitrogens with zero attached hydrogens (tertiary/aromatic N) is 4. The molecule has 0 radical (unpaired) electrons. The maximum atomic E-state index is 13.3. The number of piperidine rings is 2.